The van der Waals surface area contributed by atoms with Crippen LogP contribution in [0.5, 0.6) is 5.75 Å². The molecule has 0 bridgehead atoms. The van der Waals surface area contributed by atoms with Gasteiger partial charge in [-0.05, 0) is 19.1 Å². The number of benzene rings is 1. The Hall–Kier alpha value is -1.31. The van der Waals surface area contributed by atoms with E-state index in [4.69, 9.17) is 10.1 Å². The van der Waals surface area contributed by atoms with Crippen molar-refractivity contribution in [2.45, 2.75) is 13.0 Å². The molecule has 0 aliphatic heterocycles. The average Bonchev–Trinajstić information content (AvgIpc) is 2.06. The molecule has 1 aromatic rings. The van der Waals surface area contributed by atoms with Crippen molar-refractivity contribution in [1.82, 2.24) is 0 Å². The van der Waals surface area contributed by atoms with Crippen LogP contribution in [-0.4, -0.2) is 12.3 Å². The van der Waals surface area contributed by atoms with Crippen LogP contribution < -0.4 is 4.74 Å². The Morgan fingerprint density at radius 3 is 2.55 bits per heavy atom. The molecule has 2 nitrogen and oxygen atoms in total. The van der Waals surface area contributed by atoms with Gasteiger partial charge in [0.1, 0.15) is 11.9 Å². The Kier molecular flexibility index (Phi) is 2.66. The molecule has 1 aromatic carbocycles. The predicted molar refractivity (Wildman–Crippen MR) is 45.3 cm³/mol. The zero-order chi connectivity index (χ0) is 8.10. The number of hydrogen-bond donors (Lipinski definition) is 1. The number of nitrogens with one attached hydrogen (secondary N) is 1. The van der Waals surface area contributed by atoms with E-state index in [-0.39, 0.29) is 6.10 Å². The van der Waals surface area contributed by atoms with E-state index in [9.17, 15) is 0 Å². The fourth-order valence-corrected chi connectivity index (χ4v) is 0.748. The molecule has 0 aromatic heterocycles. The van der Waals surface area contributed by atoms with E-state index in [0.717, 1.165) is 5.75 Å². The van der Waals surface area contributed by atoms with Gasteiger partial charge in [0.2, 0.25) is 0 Å². The SMILES string of the molecule is CC(C=N)Oc1ccccc1. The fraction of sp³-hybridized carbons (Fsp3) is 0.222. The normalized spacial score (nSPS) is 12.1. The van der Waals surface area contributed by atoms with Crippen molar-refractivity contribution in [3.05, 3.63) is 30.3 Å². The van der Waals surface area contributed by atoms with Crippen molar-refractivity contribution in [3.63, 3.8) is 0 Å². The summed E-state index contributed by atoms with van der Waals surface area (Å²) in [5.41, 5.74) is 0. The molecule has 0 aliphatic carbocycles. The summed E-state index contributed by atoms with van der Waals surface area (Å²) >= 11 is 0. The van der Waals surface area contributed by atoms with Crippen LogP contribution in [0.2, 0.25) is 0 Å². The van der Waals surface area contributed by atoms with E-state index in [2.05, 4.69) is 0 Å². The van der Waals surface area contributed by atoms with Gasteiger partial charge in [-0.3, -0.25) is 0 Å². The van der Waals surface area contributed by atoms with Crippen molar-refractivity contribution >= 4 is 6.21 Å². The molecule has 0 spiro atoms. The molecule has 0 aliphatic rings. The molecule has 0 amide bonds. The Morgan fingerprint density at radius 2 is 2.00 bits per heavy atom. The highest BCUT2D eigenvalue weighted by atomic mass is 16.5. The number of rotatable bonds is 3. The maximum absolute atomic E-state index is 6.91. The molecule has 1 unspecified atom stereocenters. The monoisotopic (exact) mass is 149 g/mol. The van der Waals surface area contributed by atoms with E-state index >= 15 is 0 Å². The van der Waals surface area contributed by atoms with Crippen LogP contribution >= 0.6 is 0 Å². The summed E-state index contributed by atoms with van der Waals surface area (Å²) in [4.78, 5) is 0. The van der Waals surface area contributed by atoms with Gasteiger partial charge in [0.25, 0.3) is 0 Å². The van der Waals surface area contributed by atoms with E-state index in [1.165, 1.54) is 6.21 Å². The first-order valence-electron chi connectivity index (χ1n) is 3.55. The second kappa shape index (κ2) is 3.76. The van der Waals surface area contributed by atoms with Crippen molar-refractivity contribution < 1.29 is 4.74 Å². The van der Waals surface area contributed by atoms with E-state index in [0.29, 0.717) is 0 Å². The van der Waals surface area contributed by atoms with Crippen LogP contribution in [0.1, 0.15) is 6.92 Å². The maximum Gasteiger partial charge on any atom is 0.130 e. The van der Waals surface area contributed by atoms with E-state index < -0.39 is 0 Å². The molecular weight excluding hydrogens is 138 g/mol. The molecule has 2 heteroatoms. The molecule has 0 radical (unpaired) electrons. The van der Waals surface area contributed by atoms with Crippen LogP contribution in [0.15, 0.2) is 30.3 Å². The minimum atomic E-state index is -0.141. The second-order valence-electron chi connectivity index (χ2n) is 2.30. The van der Waals surface area contributed by atoms with Crippen LogP contribution in [0.25, 0.3) is 0 Å². The summed E-state index contributed by atoms with van der Waals surface area (Å²) in [7, 11) is 0. The molecule has 0 fully saturated rings. The van der Waals surface area contributed by atoms with Gasteiger partial charge >= 0.3 is 0 Å². The summed E-state index contributed by atoms with van der Waals surface area (Å²) < 4.78 is 5.32. The minimum absolute atomic E-state index is 0.141. The van der Waals surface area contributed by atoms with Gasteiger partial charge in [0.15, 0.2) is 0 Å². The summed E-state index contributed by atoms with van der Waals surface area (Å²) in [5.74, 6) is 0.809. The molecule has 0 saturated heterocycles. The average molecular weight is 149 g/mol. The lowest BCUT2D eigenvalue weighted by atomic mass is 10.3. The Morgan fingerprint density at radius 1 is 1.36 bits per heavy atom. The summed E-state index contributed by atoms with van der Waals surface area (Å²) in [6.07, 6.45) is 1.13. The van der Waals surface area contributed by atoms with Crippen LogP contribution in [0, 0.1) is 5.41 Å². The third-order valence-electron chi connectivity index (χ3n) is 1.30. The summed E-state index contributed by atoms with van der Waals surface area (Å²) in [5, 5.41) is 6.91. The zero-order valence-electron chi connectivity index (χ0n) is 6.45. The molecule has 1 atom stereocenters. The summed E-state index contributed by atoms with van der Waals surface area (Å²) in [6, 6.07) is 9.50. The highest BCUT2D eigenvalue weighted by Crippen LogP contribution is 2.09. The Labute approximate surface area is 66.3 Å². The van der Waals surface area contributed by atoms with Gasteiger partial charge in [-0.25, -0.2) is 0 Å². The third kappa shape index (κ3) is 2.42. The molecule has 1 N–H and O–H groups in total. The van der Waals surface area contributed by atoms with Crippen molar-refractivity contribution in [1.29, 1.82) is 5.41 Å². The standard InChI is InChI=1S/C9H11NO/c1-8(7-10)11-9-5-3-2-4-6-9/h2-8,10H,1H3. The number of para-hydroxylation sites is 1. The minimum Gasteiger partial charge on any atom is -0.485 e. The number of ether oxygens (including phenoxy) is 1. The maximum atomic E-state index is 6.91. The molecule has 0 saturated carbocycles. The van der Waals surface area contributed by atoms with Gasteiger partial charge in [-0.1, -0.05) is 18.2 Å². The molecule has 0 heterocycles. The van der Waals surface area contributed by atoms with E-state index in [1.807, 2.05) is 37.3 Å². The summed E-state index contributed by atoms with van der Waals surface area (Å²) in [6.45, 7) is 1.83. The highest BCUT2D eigenvalue weighted by molar-refractivity contribution is 5.59. The van der Waals surface area contributed by atoms with Gasteiger partial charge < -0.3 is 10.1 Å². The highest BCUT2D eigenvalue weighted by Gasteiger charge is 1.96. The van der Waals surface area contributed by atoms with Crippen molar-refractivity contribution in [3.8, 4) is 5.75 Å². The van der Waals surface area contributed by atoms with Crippen LogP contribution in [0.3, 0.4) is 0 Å². The first-order valence-corrected chi connectivity index (χ1v) is 3.55. The molecule has 58 valence electrons. The largest absolute Gasteiger partial charge is 0.485 e. The van der Waals surface area contributed by atoms with E-state index in [1.54, 1.807) is 0 Å². The predicted octanol–water partition coefficient (Wildman–Crippen LogP) is 2.10. The van der Waals surface area contributed by atoms with Crippen molar-refractivity contribution in [2.24, 2.45) is 0 Å². The topological polar surface area (TPSA) is 33.1 Å². The lowest BCUT2D eigenvalue weighted by Gasteiger charge is -2.08. The molecular formula is C9H11NO. The van der Waals surface area contributed by atoms with Gasteiger partial charge in [-0.2, -0.15) is 0 Å². The van der Waals surface area contributed by atoms with Gasteiger partial charge in [0.05, 0.1) is 0 Å². The molecule has 1 rings (SSSR count). The zero-order valence-corrected chi connectivity index (χ0v) is 6.45. The molecule has 11 heavy (non-hydrogen) atoms. The Bertz CT molecular complexity index is 220. The Balaban J connectivity index is 2.57. The van der Waals surface area contributed by atoms with Crippen LogP contribution in [0.4, 0.5) is 0 Å². The first kappa shape index (κ1) is 7.79. The number of hydrogen-bond acceptors (Lipinski definition) is 2. The lowest BCUT2D eigenvalue weighted by molar-refractivity contribution is 0.291. The lowest BCUT2D eigenvalue weighted by Crippen LogP contribution is -2.11. The van der Waals surface area contributed by atoms with Crippen LogP contribution in [-0.2, 0) is 0 Å². The first-order chi connectivity index (χ1) is 5.33. The second-order valence-corrected chi connectivity index (χ2v) is 2.30. The van der Waals surface area contributed by atoms with Crippen molar-refractivity contribution in [2.75, 3.05) is 0 Å². The fourth-order valence-electron chi connectivity index (χ4n) is 0.748. The van der Waals surface area contributed by atoms with Gasteiger partial charge in [-0.15, -0.1) is 0 Å². The smallest absolute Gasteiger partial charge is 0.130 e. The quantitative estimate of drug-likeness (QED) is 0.656. The third-order valence-corrected chi connectivity index (χ3v) is 1.30. The van der Waals surface area contributed by atoms with Gasteiger partial charge in [0, 0.05) is 6.21 Å².